The number of hydrogen-bond acceptors (Lipinski definition) is 6. The number of benzene rings is 1. The van der Waals surface area contributed by atoms with E-state index >= 15 is 0 Å². The highest BCUT2D eigenvalue weighted by molar-refractivity contribution is 5.93. The minimum atomic E-state index is -1.33. The summed E-state index contributed by atoms with van der Waals surface area (Å²) in [5.41, 5.74) is 12.9. The first-order valence-electron chi connectivity index (χ1n) is 11.2. The number of rotatable bonds is 13. The van der Waals surface area contributed by atoms with Gasteiger partial charge in [-0.3, -0.25) is 19.2 Å². The van der Waals surface area contributed by atoms with Crippen LogP contribution in [0, 0.1) is 5.92 Å². The first-order valence-corrected chi connectivity index (χ1v) is 11.2. The van der Waals surface area contributed by atoms with Crippen molar-refractivity contribution in [3.63, 3.8) is 0 Å². The van der Waals surface area contributed by atoms with Gasteiger partial charge in [-0.15, -0.1) is 0 Å². The van der Waals surface area contributed by atoms with Gasteiger partial charge in [0, 0.05) is 23.5 Å². The smallest absolute Gasteiger partial charge is 0.326 e. The van der Waals surface area contributed by atoms with Crippen molar-refractivity contribution in [2.24, 2.45) is 17.4 Å². The lowest BCUT2D eigenvalue weighted by Crippen LogP contribution is -2.55. The molecule has 0 saturated heterocycles. The molecule has 0 radical (unpaired) electrons. The van der Waals surface area contributed by atoms with E-state index in [-0.39, 0.29) is 25.2 Å². The molecule has 190 valence electrons. The number of carboxylic acids is 1. The number of nitrogens with one attached hydrogen (secondary N) is 4. The van der Waals surface area contributed by atoms with E-state index in [1.54, 1.807) is 20.0 Å². The van der Waals surface area contributed by atoms with E-state index in [0.29, 0.717) is 0 Å². The molecule has 1 aromatic heterocycles. The SMILES string of the molecule is CC(C)C(NC(=O)C(N)Cc1c[nH]c2ccccc12)C(=O)NCC(=O)NC(CCC(N)=O)C(=O)O. The van der Waals surface area contributed by atoms with E-state index in [1.807, 2.05) is 24.3 Å². The van der Waals surface area contributed by atoms with Gasteiger partial charge < -0.3 is 37.5 Å². The van der Waals surface area contributed by atoms with Crippen molar-refractivity contribution in [1.29, 1.82) is 0 Å². The van der Waals surface area contributed by atoms with Crippen LogP contribution in [0.4, 0.5) is 0 Å². The van der Waals surface area contributed by atoms with Crippen LogP contribution in [0.1, 0.15) is 32.3 Å². The molecule has 1 heterocycles. The maximum atomic E-state index is 12.7. The van der Waals surface area contributed by atoms with Crippen LogP contribution in [0.15, 0.2) is 30.5 Å². The number of carbonyl (C=O) groups is 5. The maximum absolute atomic E-state index is 12.7. The Bertz CT molecular complexity index is 1080. The number of aromatic nitrogens is 1. The summed E-state index contributed by atoms with van der Waals surface area (Å²) < 4.78 is 0. The molecular weight excluding hydrogens is 456 g/mol. The molecule has 0 spiro atoms. The predicted octanol–water partition coefficient (Wildman–Crippen LogP) is -0.870. The third kappa shape index (κ3) is 8.10. The quantitative estimate of drug-likeness (QED) is 0.189. The van der Waals surface area contributed by atoms with Crippen molar-refractivity contribution in [2.75, 3.05) is 6.54 Å². The second-order valence-electron chi connectivity index (χ2n) is 8.58. The number of aromatic amines is 1. The summed E-state index contributed by atoms with van der Waals surface area (Å²) in [6.45, 7) is 2.93. The Hall–Kier alpha value is -3.93. The highest BCUT2D eigenvalue weighted by Gasteiger charge is 2.28. The molecule has 2 aromatic rings. The van der Waals surface area contributed by atoms with Gasteiger partial charge in [0.25, 0.3) is 0 Å². The van der Waals surface area contributed by atoms with Crippen LogP contribution in [0.25, 0.3) is 10.9 Å². The number of carboxylic acid groups (broad SMARTS) is 1. The lowest BCUT2D eigenvalue weighted by molar-refractivity contribution is -0.142. The molecule has 0 aliphatic rings. The van der Waals surface area contributed by atoms with Gasteiger partial charge in [0.1, 0.15) is 12.1 Å². The largest absolute Gasteiger partial charge is 0.480 e. The molecule has 2 rings (SSSR count). The first-order chi connectivity index (χ1) is 16.5. The molecule has 3 atom stereocenters. The van der Waals surface area contributed by atoms with Gasteiger partial charge in [-0.25, -0.2) is 4.79 Å². The topological polar surface area (TPSA) is 209 Å². The zero-order chi connectivity index (χ0) is 26.1. The highest BCUT2D eigenvalue weighted by Crippen LogP contribution is 2.18. The first kappa shape index (κ1) is 27.3. The van der Waals surface area contributed by atoms with Crippen LogP contribution in [0.5, 0.6) is 0 Å². The number of para-hydroxylation sites is 1. The van der Waals surface area contributed by atoms with E-state index in [9.17, 15) is 24.0 Å². The molecule has 0 fully saturated rings. The fraction of sp³-hybridized carbons (Fsp3) is 0.435. The van der Waals surface area contributed by atoms with Crippen molar-refractivity contribution in [1.82, 2.24) is 20.9 Å². The molecule has 0 bridgehead atoms. The number of hydrogen-bond donors (Lipinski definition) is 7. The second-order valence-corrected chi connectivity index (χ2v) is 8.58. The van der Waals surface area contributed by atoms with Crippen molar-refractivity contribution in [3.05, 3.63) is 36.0 Å². The monoisotopic (exact) mass is 488 g/mol. The number of carbonyl (C=O) groups excluding carboxylic acids is 4. The number of primary amides is 1. The van der Waals surface area contributed by atoms with Crippen LogP contribution in [-0.4, -0.2) is 64.4 Å². The van der Waals surface area contributed by atoms with E-state index < -0.39 is 54.3 Å². The van der Waals surface area contributed by atoms with Gasteiger partial charge in [0.05, 0.1) is 12.6 Å². The Morgan fingerprint density at radius 3 is 2.37 bits per heavy atom. The van der Waals surface area contributed by atoms with E-state index in [4.69, 9.17) is 16.6 Å². The zero-order valence-electron chi connectivity index (χ0n) is 19.7. The molecule has 0 aliphatic heterocycles. The van der Waals surface area contributed by atoms with Crippen LogP contribution >= 0.6 is 0 Å². The number of amides is 4. The van der Waals surface area contributed by atoms with Crippen LogP contribution in [0.2, 0.25) is 0 Å². The van der Waals surface area contributed by atoms with Gasteiger partial charge in [-0.05, 0) is 30.4 Å². The molecule has 12 heteroatoms. The Labute approximate surface area is 202 Å². The number of H-pyrrole nitrogens is 1. The second kappa shape index (κ2) is 12.5. The van der Waals surface area contributed by atoms with Gasteiger partial charge >= 0.3 is 5.97 Å². The summed E-state index contributed by atoms with van der Waals surface area (Å²) in [5, 5.41) is 17.4. The highest BCUT2D eigenvalue weighted by atomic mass is 16.4. The minimum absolute atomic E-state index is 0.177. The number of aliphatic carboxylic acids is 1. The van der Waals surface area contributed by atoms with E-state index in [2.05, 4.69) is 20.9 Å². The molecule has 0 saturated carbocycles. The molecule has 4 amide bonds. The predicted molar refractivity (Wildman–Crippen MR) is 128 cm³/mol. The van der Waals surface area contributed by atoms with Gasteiger partial charge in [-0.1, -0.05) is 32.0 Å². The summed E-state index contributed by atoms with van der Waals surface area (Å²) in [4.78, 5) is 62.7. The molecule has 3 unspecified atom stereocenters. The Balaban J connectivity index is 1.91. The van der Waals surface area contributed by atoms with Crippen LogP contribution in [0.3, 0.4) is 0 Å². The van der Waals surface area contributed by atoms with E-state index in [1.165, 1.54) is 0 Å². The lowest BCUT2D eigenvalue weighted by Gasteiger charge is -2.23. The van der Waals surface area contributed by atoms with Crippen molar-refractivity contribution in [3.8, 4) is 0 Å². The Morgan fingerprint density at radius 1 is 1.06 bits per heavy atom. The summed E-state index contributed by atoms with van der Waals surface area (Å²) in [6.07, 6.45) is 1.65. The summed E-state index contributed by atoms with van der Waals surface area (Å²) >= 11 is 0. The fourth-order valence-corrected chi connectivity index (χ4v) is 3.49. The van der Waals surface area contributed by atoms with Crippen molar-refractivity contribution >= 4 is 40.5 Å². The zero-order valence-corrected chi connectivity index (χ0v) is 19.7. The molecule has 12 nitrogen and oxygen atoms in total. The standard InChI is InChI=1S/C23H32N6O6/c1-12(2)20(22(33)27-11-19(31)28-17(23(34)35)7-8-18(25)30)29-21(32)15(24)9-13-10-26-16-6-4-3-5-14(13)16/h3-6,10,12,15,17,20,26H,7-9,11,24H2,1-2H3,(H2,25,30)(H,27,33)(H,28,31)(H,29,32)(H,34,35). The average Bonchev–Trinajstić information content (AvgIpc) is 3.20. The summed E-state index contributed by atoms with van der Waals surface area (Å²) in [6, 6.07) is 4.42. The summed E-state index contributed by atoms with van der Waals surface area (Å²) in [5.74, 6) is -4.25. The van der Waals surface area contributed by atoms with Gasteiger partial charge in [0.15, 0.2) is 0 Å². The average molecular weight is 489 g/mol. The molecule has 1 aromatic carbocycles. The van der Waals surface area contributed by atoms with Gasteiger partial charge in [-0.2, -0.15) is 0 Å². The minimum Gasteiger partial charge on any atom is -0.480 e. The van der Waals surface area contributed by atoms with Crippen molar-refractivity contribution < 1.29 is 29.1 Å². The fourth-order valence-electron chi connectivity index (χ4n) is 3.49. The van der Waals surface area contributed by atoms with Crippen LogP contribution < -0.4 is 27.4 Å². The third-order valence-corrected chi connectivity index (χ3v) is 5.43. The molecule has 0 aliphatic carbocycles. The number of fused-ring (bicyclic) bond motifs is 1. The maximum Gasteiger partial charge on any atom is 0.326 e. The third-order valence-electron chi connectivity index (χ3n) is 5.43. The molecule has 9 N–H and O–H groups in total. The summed E-state index contributed by atoms with van der Waals surface area (Å²) in [7, 11) is 0. The van der Waals surface area contributed by atoms with E-state index in [0.717, 1.165) is 16.5 Å². The molecule has 35 heavy (non-hydrogen) atoms. The van der Waals surface area contributed by atoms with Gasteiger partial charge in [0.2, 0.25) is 23.6 Å². The Morgan fingerprint density at radius 2 is 1.74 bits per heavy atom. The molecular formula is C23H32N6O6. The van der Waals surface area contributed by atoms with Crippen LogP contribution in [-0.2, 0) is 30.4 Å². The number of nitrogens with two attached hydrogens (primary N) is 2. The normalized spacial score (nSPS) is 13.6. The van der Waals surface area contributed by atoms with Crippen molar-refractivity contribution in [2.45, 2.75) is 51.2 Å². The lowest BCUT2D eigenvalue weighted by atomic mass is 10.0. The Kier molecular flexibility index (Phi) is 9.76.